The summed E-state index contributed by atoms with van der Waals surface area (Å²) in [7, 11) is 0. The van der Waals surface area contributed by atoms with E-state index in [1.807, 2.05) is 0 Å². The van der Waals surface area contributed by atoms with E-state index in [-0.39, 0.29) is 24.1 Å². The molecule has 1 rings (SSSR count). The first-order valence-corrected chi connectivity index (χ1v) is 2.28. The number of aromatic nitrogens is 1. The molecular formula is C4H7ClN4O. The SMILES string of the molecule is Cl.N/N=C(/N)c1ncco1. The maximum absolute atomic E-state index is 5.21. The standard InChI is InChI=1S/C4H6N4O.ClH/c5-3(8-6)4-7-1-2-9-4;/h1-2H,6H2,(H2,5,8);1H. The third-order valence-corrected chi connectivity index (χ3v) is 0.791. The lowest BCUT2D eigenvalue weighted by Crippen LogP contribution is -2.15. The van der Waals surface area contributed by atoms with Gasteiger partial charge in [0.15, 0.2) is 0 Å². The van der Waals surface area contributed by atoms with Gasteiger partial charge in [0.05, 0.1) is 6.20 Å². The lowest BCUT2D eigenvalue weighted by molar-refractivity contribution is 0.546. The van der Waals surface area contributed by atoms with Crippen molar-refractivity contribution in [3.05, 3.63) is 18.4 Å². The van der Waals surface area contributed by atoms with Crippen molar-refractivity contribution in [2.45, 2.75) is 0 Å². The number of halogens is 1. The predicted molar refractivity (Wildman–Crippen MR) is 38.7 cm³/mol. The van der Waals surface area contributed by atoms with E-state index < -0.39 is 0 Å². The number of hydrogen-bond acceptors (Lipinski definition) is 4. The van der Waals surface area contributed by atoms with Crippen LogP contribution >= 0.6 is 12.4 Å². The molecule has 0 aliphatic heterocycles. The van der Waals surface area contributed by atoms with Crippen LogP contribution in [0.5, 0.6) is 0 Å². The summed E-state index contributed by atoms with van der Waals surface area (Å²) in [5.41, 5.74) is 5.21. The first-order chi connectivity index (χ1) is 4.34. The molecule has 0 radical (unpaired) electrons. The fraction of sp³-hybridized carbons (Fsp3) is 0. The van der Waals surface area contributed by atoms with Gasteiger partial charge in [0.2, 0.25) is 5.84 Å². The minimum atomic E-state index is 0. The van der Waals surface area contributed by atoms with Crippen LogP contribution in [0.1, 0.15) is 5.89 Å². The Hall–Kier alpha value is -1.23. The predicted octanol–water partition coefficient (Wildman–Crippen LogP) is -0.325. The van der Waals surface area contributed by atoms with Crippen LogP contribution in [0.2, 0.25) is 0 Å². The average molecular weight is 163 g/mol. The molecule has 0 fully saturated rings. The Balaban J connectivity index is 0.000000810. The van der Waals surface area contributed by atoms with Crippen LogP contribution in [0.25, 0.3) is 0 Å². The van der Waals surface area contributed by atoms with Crippen LogP contribution in [0.3, 0.4) is 0 Å². The van der Waals surface area contributed by atoms with E-state index in [0.717, 1.165) is 0 Å². The summed E-state index contributed by atoms with van der Waals surface area (Å²) in [6, 6.07) is 0. The summed E-state index contributed by atoms with van der Waals surface area (Å²) in [4.78, 5) is 3.68. The summed E-state index contributed by atoms with van der Waals surface area (Å²) in [6.07, 6.45) is 2.86. The van der Waals surface area contributed by atoms with Gasteiger partial charge in [-0.05, 0) is 0 Å². The van der Waals surface area contributed by atoms with E-state index in [9.17, 15) is 0 Å². The summed E-state index contributed by atoms with van der Waals surface area (Å²) in [6.45, 7) is 0. The molecule has 0 aromatic carbocycles. The molecule has 0 saturated carbocycles. The zero-order valence-electron chi connectivity index (χ0n) is 5.02. The van der Waals surface area contributed by atoms with Gasteiger partial charge in [0.1, 0.15) is 6.26 Å². The topological polar surface area (TPSA) is 90.4 Å². The molecule has 1 aromatic rings. The van der Waals surface area contributed by atoms with E-state index in [0.29, 0.717) is 0 Å². The Morgan fingerprint density at radius 1 is 1.70 bits per heavy atom. The van der Waals surface area contributed by atoms with Crippen LogP contribution in [0, 0.1) is 0 Å². The Morgan fingerprint density at radius 3 is 2.80 bits per heavy atom. The Labute approximate surface area is 63.5 Å². The van der Waals surface area contributed by atoms with Crippen molar-refractivity contribution in [2.24, 2.45) is 16.7 Å². The molecule has 0 unspecified atom stereocenters. The molecule has 0 bridgehead atoms. The molecule has 1 aromatic heterocycles. The number of hydrazone groups is 1. The van der Waals surface area contributed by atoms with E-state index >= 15 is 0 Å². The van der Waals surface area contributed by atoms with Crippen LogP contribution in [0.15, 0.2) is 22.0 Å². The Bertz CT molecular complexity index is 207. The molecule has 10 heavy (non-hydrogen) atoms. The lowest BCUT2D eigenvalue weighted by Gasteiger charge is -1.86. The van der Waals surface area contributed by atoms with Gasteiger partial charge in [0, 0.05) is 0 Å². The van der Waals surface area contributed by atoms with Crippen LogP contribution in [-0.4, -0.2) is 10.8 Å². The second-order valence-corrected chi connectivity index (χ2v) is 1.35. The fourth-order valence-corrected chi connectivity index (χ4v) is 0.405. The summed E-state index contributed by atoms with van der Waals surface area (Å²) < 4.78 is 4.74. The first kappa shape index (κ1) is 8.77. The van der Waals surface area contributed by atoms with Crippen molar-refractivity contribution >= 4 is 18.2 Å². The van der Waals surface area contributed by atoms with Gasteiger partial charge in [-0.1, -0.05) is 0 Å². The molecule has 1 heterocycles. The minimum absolute atomic E-state index is 0. The van der Waals surface area contributed by atoms with Gasteiger partial charge < -0.3 is 16.0 Å². The van der Waals surface area contributed by atoms with Crippen molar-refractivity contribution in [3.63, 3.8) is 0 Å². The minimum Gasteiger partial charge on any atom is -0.442 e. The van der Waals surface area contributed by atoms with Crippen molar-refractivity contribution in [1.82, 2.24) is 4.98 Å². The van der Waals surface area contributed by atoms with Crippen molar-refractivity contribution < 1.29 is 4.42 Å². The van der Waals surface area contributed by atoms with E-state index in [4.69, 9.17) is 16.0 Å². The monoisotopic (exact) mass is 162 g/mol. The molecule has 0 atom stereocenters. The number of nitrogens with two attached hydrogens (primary N) is 2. The molecule has 0 spiro atoms. The summed E-state index contributed by atoms with van der Waals surface area (Å²) >= 11 is 0. The average Bonchev–Trinajstić information content (AvgIpc) is 2.37. The highest BCUT2D eigenvalue weighted by atomic mass is 35.5. The first-order valence-electron chi connectivity index (χ1n) is 2.28. The van der Waals surface area contributed by atoms with Crippen LogP contribution < -0.4 is 11.6 Å². The molecule has 0 amide bonds. The van der Waals surface area contributed by atoms with Gasteiger partial charge in [-0.2, -0.15) is 5.10 Å². The van der Waals surface area contributed by atoms with Gasteiger partial charge in [-0.15, -0.1) is 12.4 Å². The number of nitrogens with zero attached hydrogens (tertiary/aromatic N) is 2. The molecule has 5 nitrogen and oxygen atoms in total. The third kappa shape index (κ3) is 1.63. The molecule has 56 valence electrons. The Morgan fingerprint density at radius 2 is 2.40 bits per heavy atom. The number of rotatable bonds is 1. The number of hydrogen-bond donors (Lipinski definition) is 2. The number of oxazole rings is 1. The quantitative estimate of drug-likeness (QED) is 0.256. The molecular weight excluding hydrogens is 156 g/mol. The highest BCUT2D eigenvalue weighted by Crippen LogP contribution is 1.90. The van der Waals surface area contributed by atoms with E-state index in [1.165, 1.54) is 12.5 Å². The van der Waals surface area contributed by atoms with Crippen LogP contribution in [-0.2, 0) is 0 Å². The lowest BCUT2D eigenvalue weighted by atomic mass is 10.6. The van der Waals surface area contributed by atoms with E-state index in [2.05, 4.69) is 10.1 Å². The Kier molecular flexibility index (Phi) is 3.27. The van der Waals surface area contributed by atoms with Gasteiger partial charge in [0.25, 0.3) is 5.89 Å². The summed E-state index contributed by atoms with van der Waals surface area (Å²) in [5.74, 6) is 5.17. The second-order valence-electron chi connectivity index (χ2n) is 1.35. The van der Waals surface area contributed by atoms with Crippen molar-refractivity contribution in [3.8, 4) is 0 Å². The fourth-order valence-electron chi connectivity index (χ4n) is 0.405. The maximum Gasteiger partial charge on any atom is 0.264 e. The summed E-state index contributed by atoms with van der Waals surface area (Å²) in [5, 5.41) is 3.17. The highest BCUT2D eigenvalue weighted by Gasteiger charge is 1.99. The van der Waals surface area contributed by atoms with Gasteiger partial charge in [-0.25, -0.2) is 4.98 Å². The zero-order valence-corrected chi connectivity index (χ0v) is 5.84. The molecule has 6 heteroatoms. The largest absolute Gasteiger partial charge is 0.442 e. The van der Waals surface area contributed by atoms with Crippen LogP contribution in [0.4, 0.5) is 0 Å². The number of amidine groups is 1. The van der Waals surface area contributed by atoms with Gasteiger partial charge in [-0.3, -0.25) is 0 Å². The smallest absolute Gasteiger partial charge is 0.264 e. The molecule has 0 saturated heterocycles. The zero-order chi connectivity index (χ0) is 6.69. The highest BCUT2D eigenvalue weighted by molar-refractivity contribution is 5.92. The van der Waals surface area contributed by atoms with Gasteiger partial charge >= 0.3 is 0 Å². The second kappa shape index (κ2) is 3.73. The normalized spacial score (nSPS) is 10.6. The molecule has 4 N–H and O–H groups in total. The molecule has 0 aliphatic rings. The maximum atomic E-state index is 5.21. The van der Waals surface area contributed by atoms with Crippen molar-refractivity contribution in [2.75, 3.05) is 0 Å². The molecule has 0 aliphatic carbocycles. The third-order valence-electron chi connectivity index (χ3n) is 0.791. The van der Waals surface area contributed by atoms with Crippen molar-refractivity contribution in [1.29, 1.82) is 0 Å². The van der Waals surface area contributed by atoms with E-state index in [1.54, 1.807) is 0 Å².